The summed E-state index contributed by atoms with van der Waals surface area (Å²) in [5, 5.41) is 7.08. The first-order valence-electron chi connectivity index (χ1n) is 8.07. The SMILES string of the molecule is O=c1c(Cl)c(N2CCOC(c3cccs3)C2)cnn1-c1ccc(Cl)cc1. The van der Waals surface area contributed by atoms with Crippen molar-refractivity contribution in [3.05, 3.63) is 73.3 Å². The molecule has 1 aliphatic rings. The van der Waals surface area contributed by atoms with Crippen LogP contribution in [0, 0.1) is 0 Å². The third-order valence-electron chi connectivity index (χ3n) is 4.24. The molecule has 0 bridgehead atoms. The maximum Gasteiger partial charge on any atom is 0.292 e. The van der Waals surface area contributed by atoms with Gasteiger partial charge in [0.05, 0.1) is 24.2 Å². The van der Waals surface area contributed by atoms with Gasteiger partial charge in [-0.1, -0.05) is 29.3 Å². The molecular formula is C18H15Cl2N3O2S. The van der Waals surface area contributed by atoms with Gasteiger partial charge in [0.2, 0.25) is 0 Å². The summed E-state index contributed by atoms with van der Waals surface area (Å²) in [6, 6.07) is 10.9. The third kappa shape index (κ3) is 3.38. The van der Waals surface area contributed by atoms with Crippen LogP contribution in [-0.2, 0) is 4.74 Å². The van der Waals surface area contributed by atoms with E-state index in [9.17, 15) is 4.79 Å². The Labute approximate surface area is 164 Å². The zero-order valence-corrected chi connectivity index (χ0v) is 16.0. The van der Waals surface area contributed by atoms with Crippen LogP contribution in [0.5, 0.6) is 0 Å². The van der Waals surface area contributed by atoms with Gasteiger partial charge in [0.1, 0.15) is 11.1 Å². The molecule has 0 saturated carbocycles. The Bertz CT molecular complexity index is 958. The number of hydrogen-bond donors (Lipinski definition) is 0. The molecule has 3 aromatic rings. The summed E-state index contributed by atoms with van der Waals surface area (Å²) in [7, 11) is 0. The lowest BCUT2D eigenvalue weighted by Crippen LogP contribution is -2.39. The van der Waals surface area contributed by atoms with Crippen LogP contribution < -0.4 is 10.5 Å². The standard InChI is InChI=1S/C18H15Cl2N3O2S/c19-12-3-5-13(6-4-12)23-18(24)17(20)14(10-21-23)22-7-8-25-15(11-22)16-2-1-9-26-16/h1-6,9-10,15H,7-8,11H2. The van der Waals surface area contributed by atoms with Crippen molar-refractivity contribution < 1.29 is 4.74 Å². The van der Waals surface area contributed by atoms with Crippen LogP contribution in [0.3, 0.4) is 0 Å². The normalized spacial score (nSPS) is 17.5. The lowest BCUT2D eigenvalue weighted by Gasteiger charge is -2.34. The first kappa shape index (κ1) is 17.5. The summed E-state index contributed by atoms with van der Waals surface area (Å²) in [4.78, 5) is 15.9. The van der Waals surface area contributed by atoms with Crippen molar-refractivity contribution in [3.63, 3.8) is 0 Å². The molecule has 0 radical (unpaired) electrons. The van der Waals surface area contributed by atoms with E-state index < -0.39 is 0 Å². The van der Waals surface area contributed by atoms with Gasteiger partial charge >= 0.3 is 0 Å². The number of benzene rings is 1. The quantitative estimate of drug-likeness (QED) is 0.653. The van der Waals surface area contributed by atoms with Crippen LogP contribution in [0.2, 0.25) is 10.0 Å². The molecule has 1 aromatic carbocycles. The number of thiophene rings is 1. The Morgan fingerprint density at radius 2 is 2.00 bits per heavy atom. The summed E-state index contributed by atoms with van der Waals surface area (Å²) >= 11 is 14.0. The lowest BCUT2D eigenvalue weighted by molar-refractivity contribution is 0.0421. The van der Waals surface area contributed by atoms with E-state index in [1.165, 1.54) is 4.68 Å². The Hall–Kier alpha value is -1.86. The maximum absolute atomic E-state index is 12.7. The van der Waals surface area contributed by atoms with Gasteiger partial charge in [0.25, 0.3) is 5.56 Å². The number of anilines is 1. The molecule has 4 rings (SSSR count). The van der Waals surface area contributed by atoms with E-state index in [2.05, 4.69) is 16.1 Å². The molecule has 0 spiro atoms. The molecule has 1 saturated heterocycles. The topological polar surface area (TPSA) is 47.4 Å². The average molecular weight is 408 g/mol. The van der Waals surface area contributed by atoms with Gasteiger partial charge < -0.3 is 9.64 Å². The fourth-order valence-electron chi connectivity index (χ4n) is 2.93. The predicted octanol–water partition coefficient (Wildman–Crippen LogP) is 4.18. The Morgan fingerprint density at radius 3 is 2.73 bits per heavy atom. The number of ether oxygens (including phenoxy) is 1. The number of aromatic nitrogens is 2. The third-order valence-corrected chi connectivity index (χ3v) is 5.81. The summed E-state index contributed by atoms with van der Waals surface area (Å²) in [6.07, 6.45) is 1.60. The van der Waals surface area contributed by atoms with Gasteiger partial charge in [0, 0.05) is 23.0 Å². The molecular weight excluding hydrogens is 393 g/mol. The molecule has 3 heterocycles. The minimum absolute atomic E-state index is 0.0292. The molecule has 1 unspecified atom stereocenters. The van der Waals surface area contributed by atoms with E-state index in [0.29, 0.717) is 36.1 Å². The number of morpholine rings is 1. The van der Waals surface area contributed by atoms with Crippen LogP contribution in [-0.4, -0.2) is 29.5 Å². The van der Waals surface area contributed by atoms with Crippen molar-refractivity contribution in [3.8, 4) is 5.69 Å². The van der Waals surface area contributed by atoms with Gasteiger partial charge in [-0.3, -0.25) is 4.79 Å². The molecule has 26 heavy (non-hydrogen) atoms. The molecule has 0 amide bonds. The summed E-state index contributed by atoms with van der Waals surface area (Å²) in [5.74, 6) is 0. The fourth-order valence-corrected chi connectivity index (χ4v) is 4.07. The van der Waals surface area contributed by atoms with E-state index >= 15 is 0 Å². The van der Waals surface area contributed by atoms with E-state index in [-0.39, 0.29) is 16.7 Å². The molecule has 1 fully saturated rings. The highest BCUT2D eigenvalue weighted by Crippen LogP contribution is 2.30. The number of hydrogen-bond acceptors (Lipinski definition) is 5. The summed E-state index contributed by atoms with van der Waals surface area (Å²) in [5.41, 5.74) is 0.892. The zero-order chi connectivity index (χ0) is 18.1. The number of halogens is 2. The van der Waals surface area contributed by atoms with Crippen molar-refractivity contribution in [1.82, 2.24) is 9.78 Å². The number of rotatable bonds is 3. The van der Waals surface area contributed by atoms with Crippen molar-refractivity contribution in [2.45, 2.75) is 6.10 Å². The first-order valence-corrected chi connectivity index (χ1v) is 9.71. The smallest absolute Gasteiger partial charge is 0.292 e. The molecule has 2 aromatic heterocycles. The van der Waals surface area contributed by atoms with Crippen molar-refractivity contribution in [2.75, 3.05) is 24.6 Å². The largest absolute Gasteiger partial charge is 0.369 e. The van der Waals surface area contributed by atoms with Gasteiger partial charge in [-0.15, -0.1) is 11.3 Å². The Kier molecular flexibility index (Phi) is 5.00. The Balaban J connectivity index is 1.64. The molecule has 8 heteroatoms. The van der Waals surface area contributed by atoms with Gasteiger partial charge in [-0.25, -0.2) is 0 Å². The molecule has 0 N–H and O–H groups in total. The summed E-state index contributed by atoms with van der Waals surface area (Å²) < 4.78 is 7.13. The second-order valence-electron chi connectivity index (χ2n) is 5.86. The first-order chi connectivity index (χ1) is 12.6. The summed E-state index contributed by atoms with van der Waals surface area (Å²) in [6.45, 7) is 1.86. The Morgan fingerprint density at radius 1 is 1.19 bits per heavy atom. The fraction of sp³-hybridized carbons (Fsp3) is 0.222. The van der Waals surface area contributed by atoms with Crippen LogP contribution in [0.4, 0.5) is 5.69 Å². The van der Waals surface area contributed by atoms with E-state index in [1.54, 1.807) is 41.8 Å². The monoisotopic (exact) mass is 407 g/mol. The second-order valence-corrected chi connectivity index (χ2v) is 7.65. The maximum atomic E-state index is 12.7. The van der Waals surface area contributed by atoms with Gasteiger partial charge in [0.15, 0.2) is 0 Å². The van der Waals surface area contributed by atoms with Crippen molar-refractivity contribution in [1.29, 1.82) is 0 Å². The highest BCUT2D eigenvalue weighted by atomic mass is 35.5. The molecule has 134 valence electrons. The minimum atomic E-state index is -0.356. The van der Waals surface area contributed by atoms with E-state index in [0.717, 1.165) is 4.88 Å². The molecule has 1 atom stereocenters. The van der Waals surface area contributed by atoms with Crippen LogP contribution >= 0.6 is 34.5 Å². The van der Waals surface area contributed by atoms with E-state index in [4.69, 9.17) is 27.9 Å². The molecule has 1 aliphatic heterocycles. The molecule has 0 aliphatic carbocycles. The highest BCUT2D eigenvalue weighted by molar-refractivity contribution is 7.10. The van der Waals surface area contributed by atoms with Gasteiger partial charge in [-0.2, -0.15) is 9.78 Å². The van der Waals surface area contributed by atoms with E-state index in [1.807, 2.05) is 11.4 Å². The van der Waals surface area contributed by atoms with Crippen LogP contribution in [0.25, 0.3) is 5.69 Å². The number of nitrogens with zero attached hydrogens (tertiary/aromatic N) is 3. The van der Waals surface area contributed by atoms with Crippen LogP contribution in [0.15, 0.2) is 52.8 Å². The van der Waals surface area contributed by atoms with Crippen molar-refractivity contribution in [2.24, 2.45) is 0 Å². The van der Waals surface area contributed by atoms with Gasteiger partial charge in [-0.05, 0) is 35.7 Å². The lowest BCUT2D eigenvalue weighted by atomic mass is 10.2. The average Bonchev–Trinajstić information content (AvgIpc) is 3.20. The van der Waals surface area contributed by atoms with Crippen molar-refractivity contribution >= 4 is 40.2 Å². The zero-order valence-electron chi connectivity index (χ0n) is 13.6. The minimum Gasteiger partial charge on any atom is -0.369 e. The van der Waals surface area contributed by atoms with Crippen LogP contribution in [0.1, 0.15) is 11.0 Å². The second kappa shape index (κ2) is 7.40. The molecule has 5 nitrogen and oxygen atoms in total. The highest BCUT2D eigenvalue weighted by Gasteiger charge is 2.25. The predicted molar refractivity (Wildman–Crippen MR) is 105 cm³/mol.